The van der Waals surface area contributed by atoms with Crippen LogP contribution in [0.15, 0.2) is 0 Å². The number of carboxylic acid groups (broad SMARTS) is 1. The molecule has 2 N–H and O–H groups in total. The maximum Gasteiger partial charge on any atom is 0.342 e. The number of rotatable bonds is 6. The molecule has 0 radical (unpaired) electrons. The molecule has 6 nitrogen and oxygen atoms in total. The number of aliphatic hydroxyl groups excluding tert-OH is 1. The van der Waals surface area contributed by atoms with Crippen LogP contribution in [0.3, 0.4) is 0 Å². The number of aliphatic hydroxyl groups is 1. The van der Waals surface area contributed by atoms with E-state index in [1.54, 1.807) is 0 Å². The molecule has 0 aliphatic heterocycles. The zero-order valence-electron chi connectivity index (χ0n) is 7.23. The Morgan fingerprint density at radius 3 is 2.46 bits per heavy atom. The van der Waals surface area contributed by atoms with Crippen LogP contribution in [0.2, 0.25) is 0 Å². The van der Waals surface area contributed by atoms with Crippen molar-refractivity contribution < 1.29 is 29.6 Å². The summed E-state index contributed by atoms with van der Waals surface area (Å²) in [6, 6.07) is 0. The van der Waals surface area contributed by atoms with E-state index in [2.05, 4.69) is 9.78 Å². The van der Waals surface area contributed by atoms with Crippen molar-refractivity contribution in [2.75, 3.05) is 6.61 Å². The fraction of sp³-hybridized carbons (Fsp3) is 0.714. The van der Waals surface area contributed by atoms with Crippen LogP contribution in [0.1, 0.15) is 19.8 Å². The molecule has 1 unspecified atom stereocenters. The van der Waals surface area contributed by atoms with Crippen molar-refractivity contribution in [3.05, 3.63) is 0 Å². The van der Waals surface area contributed by atoms with Gasteiger partial charge in [0.2, 0.25) is 0 Å². The van der Waals surface area contributed by atoms with Crippen LogP contribution >= 0.6 is 0 Å². The van der Waals surface area contributed by atoms with E-state index >= 15 is 0 Å². The highest BCUT2D eigenvalue weighted by molar-refractivity contribution is 5.76. The van der Waals surface area contributed by atoms with E-state index in [1.165, 1.54) is 6.92 Å². The van der Waals surface area contributed by atoms with Crippen LogP contribution in [0, 0.1) is 0 Å². The van der Waals surface area contributed by atoms with E-state index in [0.29, 0.717) is 0 Å². The van der Waals surface area contributed by atoms with E-state index in [-0.39, 0.29) is 19.4 Å². The summed E-state index contributed by atoms with van der Waals surface area (Å²) in [5, 5.41) is 16.9. The SMILES string of the molecule is CC(O)COOC(=O)CCC(=O)O. The lowest BCUT2D eigenvalue weighted by Gasteiger charge is -2.03. The molecule has 1 atom stereocenters. The van der Waals surface area contributed by atoms with Crippen molar-refractivity contribution in [2.24, 2.45) is 0 Å². The van der Waals surface area contributed by atoms with Crippen LogP contribution < -0.4 is 0 Å². The zero-order chi connectivity index (χ0) is 10.3. The summed E-state index contributed by atoms with van der Waals surface area (Å²) in [6.45, 7) is 1.34. The second-order valence-corrected chi connectivity index (χ2v) is 2.48. The molecule has 0 saturated carbocycles. The van der Waals surface area contributed by atoms with Gasteiger partial charge in [0.25, 0.3) is 0 Å². The smallest absolute Gasteiger partial charge is 0.342 e. The summed E-state index contributed by atoms with van der Waals surface area (Å²) in [6.07, 6.45) is -1.27. The topological polar surface area (TPSA) is 93.1 Å². The van der Waals surface area contributed by atoms with Gasteiger partial charge in [0.15, 0.2) is 0 Å². The molecule has 76 valence electrons. The first-order valence-corrected chi connectivity index (χ1v) is 3.74. The minimum Gasteiger partial charge on any atom is -0.481 e. The third kappa shape index (κ3) is 8.77. The minimum absolute atomic E-state index is 0.126. The number of hydrogen-bond donors (Lipinski definition) is 2. The van der Waals surface area contributed by atoms with Crippen molar-refractivity contribution in [3.8, 4) is 0 Å². The molecule has 0 aliphatic carbocycles. The number of carboxylic acids is 1. The molecular formula is C7H12O6. The van der Waals surface area contributed by atoms with Crippen molar-refractivity contribution in [1.29, 1.82) is 0 Å². The van der Waals surface area contributed by atoms with Gasteiger partial charge in [-0.1, -0.05) is 0 Å². The fourth-order valence-corrected chi connectivity index (χ4v) is 0.449. The largest absolute Gasteiger partial charge is 0.481 e. The Hall–Kier alpha value is -1.14. The summed E-state index contributed by atoms with van der Waals surface area (Å²) in [4.78, 5) is 29.1. The fourth-order valence-electron chi connectivity index (χ4n) is 0.449. The lowest BCUT2D eigenvalue weighted by molar-refractivity contribution is -0.280. The highest BCUT2D eigenvalue weighted by atomic mass is 17.2. The van der Waals surface area contributed by atoms with Gasteiger partial charge in [0, 0.05) is 0 Å². The summed E-state index contributed by atoms with van der Waals surface area (Å²) in [7, 11) is 0. The normalized spacial score (nSPS) is 12.2. The van der Waals surface area contributed by atoms with Crippen LogP contribution in [0.5, 0.6) is 0 Å². The van der Waals surface area contributed by atoms with Gasteiger partial charge < -0.3 is 10.2 Å². The van der Waals surface area contributed by atoms with Crippen LogP contribution in [0.4, 0.5) is 0 Å². The second-order valence-electron chi connectivity index (χ2n) is 2.48. The molecule has 0 bridgehead atoms. The molecule has 0 fully saturated rings. The maximum atomic E-state index is 10.6. The van der Waals surface area contributed by atoms with E-state index in [9.17, 15) is 9.59 Å². The lowest BCUT2D eigenvalue weighted by Crippen LogP contribution is -2.14. The monoisotopic (exact) mass is 192 g/mol. The van der Waals surface area contributed by atoms with E-state index in [1.807, 2.05) is 0 Å². The van der Waals surface area contributed by atoms with Gasteiger partial charge >= 0.3 is 11.9 Å². The molecule has 0 saturated heterocycles. The number of carbonyl (C=O) groups excluding carboxylic acids is 1. The van der Waals surface area contributed by atoms with Gasteiger partial charge in [-0.3, -0.25) is 9.68 Å². The minimum atomic E-state index is -1.08. The molecule has 0 aromatic rings. The molecule has 6 heteroatoms. The van der Waals surface area contributed by atoms with Gasteiger partial charge in [-0.25, -0.2) is 4.79 Å². The van der Waals surface area contributed by atoms with Crippen molar-refractivity contribution in [1.82, 2.24) is 0 Å². The first kappa shape index (κ1) is 11.9. The van der Waals surface area contributed by atoms with Gasteiger partial charge in [-0.15, -0.1) is 0 Å². The summed E-state index contributed by atoms with van der Waals surface area (Å²) < 4.78 is 0. The number of aliphatic carboxylic acids is 1. The second kappa shape index (κ2) is 6.38. The summed E-state index contributed by atoms with van der Waals surface area (Å²) in [5.41, 5.74) is 0. The van der Waals surface area contributed by atoms with Crippen LogP contribution in [-0.2, 0) is 19.4 Å². The molecule has 0 amide bonds. The van der Waals surface area contributed by atoms with E-state index in [0.717, 1.165) is 0 Å². The predicted molar refractivity (Wildman–Crippen MR) is 40.6 cm³/mol. The highest BCUT2D eigenvalue weighted by Gasteiger charge is 2.07. The predicted octanol–water partition coefficient (Wildman–Crippen LogP) is -0.293. The number of carbonyl (C=O) groups is 2. The van der Waals surface area contributed by atoms with Gasteiger partial charge in [-0.05, 0) is 6.92 Å². The summed E-state index contributed by atoms with van der Waals surface area (Å²) in [5.74, 6) is -1.84. The molecule has 0 rings (SSSR count). The lowest BCUT2D eigenvalue weighted by atomic mass is 10.3. The highest BCUT2D eigenvalue weighted by Crippen LogP contribution is 1.94. The summed E-state index contributed by atoms with van der Waals surface area (Å²) >= 11 is 0. The molecular weight excluding hydrogens is 180 g/mol. The molecule has 13 heavy (non-hydrogen) atoms. The first-order chi connectivity index (χ1) is 6.02. The third-order valence-electron chi connectivity index (χ3n) is 1.00. The standard InChI is InChI=1S/C7H12O6/c1-5(8)4-12-13-7(11)3-2-6(9)10/h5,8H,2-4H2,1H3,(H,9,10). The maximum absolute atomic E-state index is 10.6. The quantitative estimate of drug-likeness (QED) is 0.443. The average molecular weight is 192 g/mol. The Balaban J connectivity index is 3.36. The van der Waals surface area contributed by atoms with Crippen molar-refractivity contribution in [2.45, 2.75) is 25.9 Å². The van der Waals surface area contributed by atoms with Gasteiger partial charge in [-0.2, -0.15) is 4.89 Å². The molecule has 0 aromatic heterocycles. The molecule has 0 spiro atoms. The Bertz CT molecular complexity index is 176. The van der Waals surface area contributed by atoms with E-state index < -0.39 is 18.0 Å². The van der Waals surface area contributed by atoms with Crippen LogP contribution in [0.25, 0.3) is 0 Å². The Morgan fingerprint density at radius 1 is 1.38 bits per heavy atom. The van der Waals surface area contributed by atoms with Crippen molar-refractivity contribution in [3.63, 3.8) is 0 Å². The molecule has 0 aliphatic rings. The Morgan fingerprint density at radius 2 is 2.00 bits per heavy atom. The van der Waals surface area contributed by atoms with Gasteiger partial charge in [0.05, 0.1) is 18.9 Å². The molecule has 0 aromatic carbocycles. The van der Waals surface area contributed by atoms with Crippen molar-refractivity contribution >= 4 is 11.9 Å². The third-order valence-corrected chi connectivity index (χ3v) is 1.00. The van der Waals surface area contributed by atoms with Gasteiger partial charge in [0.1, 0.15) is 6.61 Å². The average Bonchev–Trinajstić information content (AvgIpc) is 2.00. The first-order valence-electron chi connectivity index (χ1n) is 3.74. The number of hydrogen-bond acceptors (Lipinski definition) is 5. The Kier molecular flexibility index (Phi) is 5.82. The van der Waals surface area contributed by atoms with Crippen LogP contribution in [-0.4, -0.2) is 34.9 Å². The van der Waals surface area contributed by atoms with E-state index in [4.69, 9.17) is 10.2 Å². The Labute approximate surface area is 75.0 Å². The molecule has 0 heterocycles. The zero-order valence-corrected chi connectivity index (χ0v) is 7.23.